The van der Waals surface area contributed by atoms with E-state index in [1.54, 1.807) is 18.7 Å². The van der Waals surface area contributed by atoms with Gasteiger partial charge in [0.2, 0.25) is 0 Å². The molecule has 2 atom stereocenters. The fourth-order valence-electron chi connectivity index (χ4n) is 1.54. The van der Waals surface area contributed by atoms with Crippen molar-refractivity contribution >= 4 is 17.7 Å². The van der Waals surface area contributed by atoms with Gasteiger partial charge in [-0.15, -0.1) is 0 Å². The number of nitrogens with one attached hydrogen (secondary N) is 1. The molecule has 0 aromatic heterocycles. The van der Waals surface area contributed by atoms with Gasteiger partial charge in [0.1, 0.15) is 5.54 Å². The molecule has 0 rings (SSSR count). The summed E-state index contributed by atoms with van der Waals surface area (Å²) in [5.41, 5.74) is -0.781. The summed E-state index contributed by atoms with van der Waals surface area (Å²) in [4.78, 5) is 11.1. The quantitative estimate of drug-likeness (QED) is 0.687. The maximum Gasteiger partial charge on any atom is 0.323 e. The normalized spacial score (nSPS) is 17.4. The lowest BCUT2D eigenvalue weighted by Crippen LogP contribution is -2.50. The van der Waals surface area contributed by atoms with Crippen molar-refractivity contribution in [1.82, 2.24) is 5.32 Å². The Hall–Kier alpha value is -0.220. The van der Waals surface area contributed by atoms with E-state index in [9.17, 15) is 4.79 Å². The van der Waals surface area contributed by atoms with Crippen LogP contribution in [-0.4, -0.2) is 34.2 Å². The van der Waals surface area contributed by atoms with E-state index >= 15 is 0 Å². The van der Waals surface area contributed by atoms with Gasteiger partial charge in [-0.2, -0.15) is 11.8 Å². The van der Waals surface area contributed by atoms with Crippen LogP contribution in [0.4, 0.5) is 0 Å². The van der Waals surface area contributed by atoms with Crippen molar-refractivity contribution in [3.05, 3.63) is 0 Å². The summed E-state index contributed by atoms with van der Waals surface area (Å²) in [5.74, 6) is 0.270. The Morgan fingerprint density at radius 3 is 2.50 bits per heavy atom. The van der Waals surface area contributed by atoms with Gasteiger partial charge in [-0.1, -0.05) is 20.8 Å². The number of carboxylic acid groups (broad SMARTS) is 1. The SMILES string of the molecule is CCNC(C)(CC(C)SCC)C(=O)O. The van der Waals surface area contributed by atoms with E-state index in [1.807, 2.05) is 6.92 Å². The minimum atomic E-state index is -0.781. The Morgan fingerprint density at radius 2 is 2.14 bits per heavy atom. The van der Waals surface area contributed by atoms with Crippen LogP contribution in [0.2, 0.25) is 0 Å². The predicted molar refractivity (Wildman–Crippen MR) is 61.9 cm³/mol. The second kappa shape index (κ2) is 6.30. The molecule has 2 unspecified atom stereocenters. The number of rotatable bonds is 7. The van der Waals surface area contributed by atoms with E-state index in [4.69, 9.17) is 5.11 Å². The minimum absolute atomic E-state index is 0.375. The Bertz CT molecular complexity index is 187. The van der Waals surface area contributed by atoms with Gasteiger partial charge in [-0.05, 0) is 25.6 Å². The van der Waals surface area contributed by atoms with Crippen LogP contribution in [0.25, 0.3) is 0 Å². The Balaban J connectivity index is 4.28. The predicted octanol–water partition coefficient (Wildman–Crippen LogP) is 1.97. The van der Waals surface area contributed by atoms with Gasteiger partial charge in [0.15, 0.2) is 0 Å². The van der Waals surface area contributed by atoms with Gasteiger partial charge >= 0.3 is 5.97 Å². The summed E-state index contributed by atoms with van der Waals surface area (Å²) in [7, 11) is 0. The van der Waals surface area contributed by atoms with Crippen molar-refractivity contribution in [2.75, 3.05) is 12.3 Å². The van der Waals surface area contributed by atoms with Crippen LogP contribution in [0, 0.1) is 0 Å². The molecule has 0 aliphatic carbocycles. The van der Waals surface area contributed by atoms with Gasteiger partial charge in [0.05, 0.1) is 0 Å². The minimum Gasteiger partial charge on any atom is -0.480 e. The zero-order chi connectivity index (χ0) is 11.2. The van der Waals surface area contributed by atoms with Gasteiger partial charge in [0, 0.05) is 5.25 Å². The van der Waals surface area contributed by atoms with Crippen molar-refractivity contribution in [1.29, 1.82) is 0 Å². The highest BCUT2D eigenvalue weighted by molar-refractivity contribution is 7.99. The van der Waals surface area contributed by atoms with E-state index in [1.165, 1.54) is 0 Å². The van der Waals surface area contributed by atoms with Crippen molar-refractivity contribution in [3.63, 3.8) is 0 Å². The van der Waals surface area contributed by atoms with Crippen molar-refractivity contribution < 1.29 is 9.90 Å². The molecule has 2 N–H and O–H groups in total. The smallest absolute Gasteiger partial charge is 0.323 e. The first kappa shape index (κ1) is 13.8. The zero-order valence-corrected chi connectivity index (χ0v) is 10.3. The van der Waals surface area contributed by atoms with Crippen LogP contribution in [0.15, 0.2) is 0 Å². The molecule has 0 aliphatic rings. The van der Waals surface area contributed by atoms with Gasteiger partial charge in [-0.25, -0.2) is 0 Å². The highest BCUT2D eigenvalue weighted by atomic mass is 32.2. The van der Waals surface area contributed by atoms with E-state index in [0.717, 1.165) is 5.75 Å². The van der Waals surface area contributed by atoms with Crippen LogP contribution in [0.3, 0.4) is 0 Å². The van der Waals surface area contributed by atoms with E-state index in [0.29, 0.717) is 18.2 Å². The topological polar surface area (TPSA) is 49.3 Å². The number of likely N-dealkylation sites (N-methyl/N-ethyl adjacent to an activating group) is 1. The molecule has 0 radical (unpaired) electrons. The number of carboxylic acids is 1. The van der Waals surface area contributed by atoms with Crippen molar-refractivity contribution in [3.8, 4) is 0 Å². The molecular formula is C10H21NO2S. The molecular weight excluding hydrogens is 198 g/mol. The van der Waals surface area contributed by atoms with Crippen LogP contribution >= 0.6 is 11.8 Å². The van der Waals surface area contributed by atoms with Crippen LogP contribution in [0.1, 0.15) is 34.1 Å². The number of hydrogen-bond acceptors (Lipinski definition) is 3. The molecule has 84 valence electrons. The molecule has 0 fully saturated rings. The van der Waals surface area contributed by atoms with Gasteiger partial charge in [-0.3, -0.25) is 4.79 Å². The molecule has 0 heterocycles. The molecule has 0 spiro atoms. The zero-order valence-electron chi connectivity index (χ0n) is 9.46. The lowest BCUT2D eigenvalue weighted by molar-refractivity contribution is -0.144. The largest absolute Gasteiger partial charge is 0.480 e. The summed E-state index contributed by atoms with van der Waals surface area (Å²) in [5, 5.41) is 12.5. The maximum absolute atomic E-state index is 11.1. The third-order valence-electron chi connectivity index (χ3n) is 2.19. The van der Waals surface area contributed by atoms with Crippen LogP contribution in [0.5, 0.6) is 0 Å². The second-order valence-electron chi connectivity index (χ2n) is 3.64. The lowest BCUT2D eigenvalue weighted by atomic mass is 9.96. The molecule has 4 heteroatoms. The van der Waals surface area contributed by atoms with Crippen molar-refractivity contribution in [2.24, 2.45) is 0 Å². The molecule has 0 aromatic carbocycles. The molecule has 0 saturated carbocycles. The van der Waals surface area contributed by atoms with Gasteiger partial charge in [0.25, 0.3) is 0 Å². The second-order valence-corrected chi connectivity index (χ2v) is 5.35. The lowest BCUT2D eigenvalue weighted by Gasteiger charge is -2.28. The number of aliphatic carboxylic acids is 1. The average Bonchev–Trinajstić information content (AvgIpc) is 2.04. The third kappa shape index (κ3) is 4.33. The van der Waals surface area contributed by atoms with Crippen LogP contribution in [-0.2, 0) is 4.79 Å². The monoisotopic (exact) mass is 219 g/mol. The van der Waals surface area contributed by atoms with Gasteiger partial charge < -0.3 is 10.4 Å². The highest BCUT2D eigenvalue weighted by Gasteiger charge is 2.33. The third-order valence-corrected chi connectivity index (χ3v) is 3.25. The van der Waals surface area contributed by atoms with Crippen molar-refractivity contribution in [2.45, 2.75) is 44.9 Å². The first-order chi connectivity index (χ1) is 6.46. The summed E-state index contributed by atoms with van der Waals surface area (Å²) in [6.45, 7) is 8.54. The average molecular weight is 219 g/mol. The summed E-state index contributed by atoms with van der Waals surface area (Å²) < 4.78 is 0. The molecule has 0 amide bonds. The molecule has 0 aliphatic heterocycles. The fraction of sp³-hybridized carbons (Fsp3) is 0.900. The van der Waals surface area contributed by atoms with E-state index in [2.05, 4.69) is 19.2 Å². The highest BCUT2D eigenvalue weighted by Crippen LogP contribution is 2.21. The molecule has 0 aromatic rings. The first-order valence-corrected chi connectivity index (χ1v) is 6.11. The molecule has 14 heavy (non-hydrogen) atoms. The Labute approximate surface area is 90.7 Å². The van der Waals surface area contributed by atoms with Crippen LogP contribution < -0.4 is 5.32 Å². The number of hydrogen-bond donors (Lipinski definition) is 2. The van der Waals surface area contributed by atoms with E-state index < -0.39 is 11.5 Å². The molecule has 0 saturated heterocycles. The fourth-order valence-corrected chi connectivity index (χ4v) is 2.56. The molecule has 0 bridgehead atoms. The summed E-state index contributed by atoms with van der Waals surface area (Å²) >= 11 is 1.80. The Morgan fingerprint density at radius 1 is 1.57 bits per heavy atom. The summed E-state index contributed by atoms with van der Waals surface area (Å²) in [6, 6.07) is 0. The Kier molecular flexibility index (Phi) is 6.20. The maximum atomic E-state index is 11.1. The number of carbonyl (C=O) groups is 1. The number of thioether (sulfide) groups is 1. The van der Waals surface area contributed by atoms with E-state index in [-0.39, 0.29) is 0 Å². The molecule has 3 nitrogen and oxygen atoms in total. The summed E-state index contributed by atoms with van der Waals surface area (Å²) in [6.07, 6.45) is 0.661. The first-order valence-electron chi connectivity index (χ1n) is 5.06. The standard InChI is InChI=1S/C10H21NO2S/c1-5-11-10(4,9(12)13)7-8(3)14-6-2/h8,11H,5-7H2,1-4H3,(H,12,13).